The van der Waals surface area contributed by atoms with Crippen LogP contribution in [-0.4, -0.2) is 53.5 Å². The van der Waals surface area contributed by atoms with E-state index < -0.39 is 0 Å². The number of ether oxygens (including phenoxy) is 1. The van der Waals surface area contributed by atoms with E-state index in [1.807, 2.05) is 46.2 Å². The van der Waals surface area contributed by atoms with E-state index in [4.69, 9.17) is 4.74 Å². The highest BCUT2D eigenvalue weighted by molar-refractivity contribution is 5.85. The lowest BCUT2D eigenvalue weighted by atomic mass is 9.81. The number of aromatic hydroxyl groups is 1. The number of hydrogen-bond acceptors (Lipinski definition) is 4. The molecule has 0 spiro atoms. The molecule has 2 aromatic carbocycles. The normalized spacial score (nSPS) is 21.5. The average molecular weight is 465 g/mol. The first-order valence-corrected chi connectivity index (χ1v) is 12.5. The van der Waals surface area contributed by atoms with Gasteiger partial charge in [-0.25, -0.2) is 0 Å². The summed E-state index contributed by atoms with van der Waals surface area (Å²) in [6, 6.07) is 14.9. The Morgan fingerprint density at radius 2 is 1.76 bits per heavy atom. The third kappa shape index (κ3) is 5.06. The predicted octanol–water partition coefficient (Wildman–Crippen LogP) is 4.89. The summed E-state index contributed by atoms with van der Waals surface area (Å²) in [5.74, 6) is 1.40. The van der Waals surface area contributed by atoms with Crippen molar-refractivity contribution in [2.75, 3.05) is 26.7 Å². The number of benzene rings is 2. The van der Waals surface area contributed by atoms with Gasteiger partial charge in [0.25, 0.3) is 0 Å². The van der Waals surface area contributed by atoms with Crippen molar-refractivity contribution in [2.45, 2.75) is 57.4 Å². The topological polar surface area (TPSA) is 70.1 Å². The van der Waals surface area contributed by atoms with Crippen LogP contribution in [0.1, 0.15) is 68.5 Å². The number of piperidine rings is 2. The Hall–Kier alpha value is -3.02. The molecule has 2 unspecified atom stereocenters. The Balaban J connectivity index is 1.55. The molecule has 2 atom stereocenters. The first kappa shape index (κ1) is 24.1. The van der Waals surface area contributed by atoms with Crippen molar-refractivity contribution in [2.24, 2.45) is 5.92 Å². The molecule has 2 fully saturated rings. The van der Waals surface area contributed by atoms with Crippen molar-refractivity contribution in [3.05, 3.63) is 59.7 Å². The quantitative estimate of drug-likeness (QED) is 0.634. The fraction of sp³-hybridized carbons (Fsp3) is 0.500. The standard InChI is InChI=1S/C28H36N2O4/c1-3-4-17-30-26(32)14-13-24(27(30)23-7-5-6-8-25(23)34-2)28(33)29-18-15-21(16-19-29)20-9-11-22(31)12-10-20/h5-12,21,24,27,31H,3-4,13-19H2,1-2H3. The molecule has 6 nitrogen and oxygen atoms in total. The van der Waals surface area contributed by atoms with Gasteiger partial charge in [-0.05, 0) is 55.4 Å². The maximum atomic E-state index is 13.9. The number of methoxy groups -OCH3 is 1. The van der Waals surface area contributed by atoms with Crippen molar-refractivity contribution in [1.29, 1.82) is 0 Å². The second kappa shape index (κ2) is 10.9. The SMILES string of the molecule is CCCCN1C(=O)CCC(C(=O)N2CCC(c3ccc(O)cc3)CC2)C1c1ccccc1OC. The number of hydrogen-bond donors (Lipinski definition) is 1. The Morgan fingerprint density at radius 1 is 1.06 bits per heavy atom. The molecule has 34 heavy (non-hydrogen) atoms. The highest BCUT2D eigenvalue weighted by Gasteiger charge is 2.43. The molecule has 2 aromatic rings. The minimum Gasteiger partial charge on any atom is -0.508 e. The van der Waals surface area contributed by atoms with Crippen LogP contribution >= 0.6 is 0 Å². The molecule has 0 bridgehead atoms. The van der Waals surface area contributed by atoms with E-state index in [1.54, 1.807) is 19.2 Å². The molecule has 1 N–H and O–H groups in total. The van der Waals surface area contributed by atoms with Crippen molar-refractivity contribution in [1.82, 2.24) is 9.80 Å². The highest BCUT2D eigenvalue weighted by Crippen LogP contribution is 2.42. The van der Waals surface area contributed by atoms with Crippen molar-refractivity contribution < 1.29 is 19.4 Å². The molecule has 2 aliphatic heterocycles. The second-order valence-electron chi connectivity index (χ2n) is 9.46. The molecule has 0 saturated carbocycles. The number of phenolic OH excluding ortho intramolecular Hbond substituents is 1. The van der Waals surface area contributed by atoms with Gasteiger partial charge in [0, 0.05) is 31.6 Å². The minimum absolute atomic E-state index is 0.124. The molecule has 0 radical (unpaired) electrons. The lowest BCUT2D eigenvalue weighted by Crippen LogP contribution is -2.50. The van der Waals surface area contributed by atoms with Gasteiger partial charge in [-0.1, -0.05) is 43.7 Å². The fourth-order valence-corrected chi connectivity index (χ4v) is 5.51. The summed E-state index contributed by atoms with van der Waals surface area (Å²) in [5, 5.41) is 9.57. The van der Waals surface area contributed by atoms with Gasteiger partial charge in [-0.3, -0.25) is 9.59 Å². The summed E-state index contributed by atoms with van der Waals surface area (Å²) in [4.78, 5) is 30.8. The van der Waals surface area contributed by atoms with Gasteiger partial charge in [-0.2, -0.15) is 0 Å². The maximum Gasteiger partial charge on any atom is 0.228 e. The molecule has 2 saturated heterocycles. The van der Waals surface area contributed by atoms with Crippen LogP contribution in [0.25, 0.3) is 0 Å². The summed E-state index contributed by atoms with van der Waals surface area (Å²) in [6.07, 6.45) is 4.70. The molecule has 2 heterocycles. The number of carbonyl (C=O) groups is 2. The Morgan fingerprint density at radius 3 is 2.44 bits per heavy atom. The van der Waals surface area contributed by atoms with E-state index in [0.717, 1.165) is 37.0 Å². The summed E-state index contributed by atoms with van der Waals surface area (Å²) in [7, 11) is 1.64. The smallest absolute Gasteiger partial charge is 0.228 e. The van der Waals surface area contributed by atoms with Crippen LogP contribution in [0.4, 0.5) is 0 Å². The fourth-order valence-electron chi connectivity index (χ4n) is 5.51. The zero-order valence-corrected chi connectivity index (χ0v) is 20.3. The van der Waals surface area contributed by atoms with Crippen molar-refractivity contribution in [3.63, 3.8) is 0 Å². The van der Waals surface area contributed by atoms with E-state index in [2.05, 4.69) is 6.92 Å². The number of rotatable bonds is 7. The van der Waals surface area contributed by atoms with Crippen LogP contribution in [0.15, 0.2) is 48.5 Å². The maximum absolute atomic E-state index is 13.9. The van der Waals surface area contributed by atoms with E-state index >= 15 is 0 Å². The monoisotopic (exact) mass is 464 g/mol. The van der Waals surface area contributed by atoms with Gasteiger partial charge in [0.1, 0.15) is 11.5 Å². The van der Waals surface area contributed by atoms with Gasteiger partial charge in [0.05, 0.1) is 19.1 Å². The largest absolute Gasteiger partial charge is 0.508 e. The Labute approximate surface area is 202 Å². The van der Waals surface area contributed by atoms with E-state index in [9.17, 15) is 14.7 Å². The van der Waals surface area contributed by atoms with Gasteiger partial charge in [0.2, 0.25) is 11.8 Å². The summed E-state index contributed by atoms with van der Waals surface area (Å²) >= 11 is 0. The third-order valence-corrected chi connectivity index (χ3v) is 7.40. The molecular formula is C28H36N2O4. The van der Waals surface area contributed by atoms with Gasteiger partial charge in [-0.15, -0.1) is 0 Å². The van der Waals surface area contributed by atoms with Gasteiger partial charge < -0.3 is 19.6 Å². The molecular weight excluding hydrogens is 428 g/mol. The van der Waals surface area contributed by atoms with Crippen LogP contribution in [0.5, 0.6) is 11.5 Å². The number of carbonyl (C=O) groups excluding carboxylic acids is 2. The van der Waals surface area contributed by atoms with Crippen molar-refractivity contribution in [3.8, 4) is 11.5 Å². The molecule has 182 valence electrons. The Bertz CT molecular complexity index is 982. The first-order chi connectivity index (χ1) is 16.5. The lowest BCUT2D eigenvalue weighted by molar-refractivity contribution is -0.148. The van der Waals surface area contributed by atoms with Crippen LogP contribution in [0.3, 0.4) is 0 Å². The lowest BCUT2D eigenvalue weighted by Gasteiger charge is -2.44. The van der Waals surface area contributed by atoms with Crippen molar-refractivity contribution >= 4 is 11.8 Å². The van der Waals surface area contributed by atoms with Gasteiger partial charge in [0.15, 0.2) is 0 Å². The zero-order chi connectivity index (χ0) is 24.1. The summed E-state index contributed by atoms with van der Waals surface area (Å²) < 4.78 is 5.65. The number of para-hydroxylation sites is 1. The number of likely N-dealkylation sites (tertiary alicyclic amines) is 2. The number of nitrogens with zero attached hydrogens (tertiary/aromatic N) is 2. The molecule has 6 heteroatoms. The molecule has 4 rings (SSSR count). The van der Waals surface area contributed by atoms with Crippen LogP contribution in [-0.2, 0) is 9.59 Å². The van der Waals surface area contributed by atoms with Crippen LogP contribution < -0.4 is 4.74 Å². The van der Waals surface area contributed by atoms with E-state index in [-0.39, 0.29) is 29.5 Å². The highest BCUT2D eigenvalue weighted by atomic mass is 16.5. The summed E-state index contributed by atoms with van der Waals surface area (Å²) in [5.41, 5.74) is 2.14. The van der Waals surface area contributed by atoms with Crippen LogP contribution in [0.2, 0.25) is 0 Å². The average Bonchev–Trinajstić information content (AvgIpc) is 2.88. The van der Waals surface area contributed by atoms with E-state index in [0.29, 0.717) is 38.4 Å². The second-order valence-corrected chi connectivity index (χ2v) is 9.46. The van der Waals surface area contributed by atoms with E-state index in [1.165, 1.54) is 5.56 Å². The molecule has 0 aliphatic carbocycles. The molecule has 2 aliphatic rings. The first-order valence-electron chi connectivity index (χ1n) is 12.5. The number of phenols is 1. The Kier molecular flexibility index (Phi) is 7.76. The van der Waals surface area contributed by atoms with Crippen LogP contribution in [0, 0.1) is 5.92 Å². The predicted molar refractivity (Wildman–Crippen MR) is 132 cm³/mol. The summed E-state index contributed by atoms with van der Waals surface area (Å²) in [6.45, 7) is 4.20. The molecule has 0 aromatic heterocycles. The van der Waals surface area contributed by atoms with Gasteiger partial charge >= 0.3 is 0 Å². The minimum atomic E-state index is -0.300. The third-order valence-electron chi connectivity index (χ3n) is 7.40. The molecule has 2 amide bonds. The number of amides is 2. The number of unbranched alkanes of at least 4 members (excludes halogenated alkanes) is 1. The zero-order valence-electron chi connectivity index (χ0n) is 20.3.